The van der Waals surface area contributed by atoms with Crippen molar-refractivity contribution in [1.82, 2.24) is 0 Å². The van der Waals surface area contributed by atoms with Gasteiger partial charge in [-0.05, 0) is 37.4 Å². The molecule has 1 aliphatic carbocycles. The Morgan fingerprint density at radius 1 is 1.06 bits per heavy atom. The Balaban J connectivity index is 2.32. The van der Waals surface area contributed by atoms with E-state index in [9.17, 15) is 8.42 Å². The van der Waals surface area contributed by atoms with E-state index in [1.807, 2.05) is 6.07 Å². The number of nitrogens with two attached hydrogens (primary N) is 1. The van der Waals surface area contributed by atoms with Crippen LogP contribution in [0.4, 0.5) is 0 Å². The van der Waals surface area contributed by atoms with Gasteiger partial charge in [0.1, 0.15) is 0 Å². The highest BCUT2D eigenvalue weighted by molar-refractivity contribution is 7.92. The predicted molar refractivity (Wildman–Crippen MR) is 73.0 cm³/mol. The zero-order chi connectivity index (χ0) is 13.0. The van der Waals surface area contributed by atoms with Gasteiger partial charge in [0.25, 0.3) is 0 Å². The number of benzene rings is 1. The molecule has 2 N–H and O–H groups in total. The molecule has 2 rings (SSSR count). The molecule has 100 valence electrons. The van der Waals surface area contributed by atoms with Crippen molar-refractivity contribution in [2.45, 2.75) is 42.2 Å². The standard InChI is InChI=1S/C14H21NO2S/c15-11-12-7-3-1-6-10-14(12)18(16,17)13-8-4-2-5-9-13/h2,4-5,8-9,12,14H,1,3,6-7,10-11,15H2. The summed E-state index contributed by atoms with van der Waals surface area (Å²) in [6.07, 6.45) is 4.90. The molecule has 1 saturated carbocycles. The van der Waals surface area contributed by atoms with E-state index < -0.39 is 9.84 Å². The van der Waals surface area contributed by atoms with Crippen LogP contribution in [0.3, 0.4) is 0 Å². The Morgan fingerprint density at radius 3 is 2.39 bits per heavy atom. The highest BCUT2D eigenvalue weighted by Crippen LogP contribution is 2.31. The molecule has 2 atom stereocenters. The van der Waals surface area contributed by atoms with Crippen LogP contribution < -0.4 is 5.73 Å². The van der Waals surface area contributed by atoms with Crippen molar-refractivity contribution < 1.29 is 8.42 Å². The highest BCUT2D eigenvalue weighted by atomic mass is 32.2. The molecule has 0 bridgehead atoms. The van der Waals surface area contributed by atoms with Gasteiger partial charge in [0, 0.05) is 0 Å². The maximum Gasteiger partial charge on any atom is 0.181 e. The van der Waals surface area contributed by atoms with E-state index in [1.54, 1.807) is 24.3 Å². The van der Waals surface area contributed by atoms with E-state index >= 15 is 0 Å². The molecule has 1 aromatic rings. The number of hydrogen-bond donors (Lipinski definition) is 1. The summed E-state index contributed by atoms with van der Waals surface area (Å²) < 4.78 is 25.3. The molecule has 0 aliphatic heterocycles. The van der Waals surface area contributed by atoms with Gasteiger partial charge in [-0.15, -0.1) is 0 Å². The van der Waals surface area contributed by atoms with Crippen LogP contribution in [0.25, 0.3) is 0 Å². The topological polar surface area (TPSA) is 60.2 Å². The molecule has 1 fully saturated rings. The van der Waals surface area contributed by atoms with Crippen LogP contribution in [0.1, 0.15) is 32.1 Å². The SMILES string of the molecule is NCC1CCCCCC1S(=O)(=O)c1ccccc1. The van der Waals surface area contributed by atoms with Crippen LogP contribution in [-0.2, 0) is 9.84 Å². The van der Waals surface area contributed by atoms with E-state index in [1.165, 1.54) is 0 Å². The average molecular weight is 267 g/mol. The van der Waals surface area contributed by atoms with E-state index in [0.29, 0.717) is 11.4 Å². The predicted octanol–water partition coefficient (Wildman–Crippen LogP) is 2.37. The van der Waals surface area contributed by atoms with E-state index in [0.717, 1.165) is 32.1 Å². The molecule has 4 heteroatoms. The summed E-state index contributed by atoms with van der Waals surface area (Å²) in [6, 6.07) is 8.77. The summed E-state index contributed by atoms with van der Waals surface area (Å²) in [5.74, 6) is 0.109. The fraction of sp³-hybridized carbons (Fsp3) is 0.571. The van der Waals surface area contributed by atoms with Crippen LogP contribution in [0.5, 0.6) is 0 Å². The summed E-state index contributed by atoms with van der Waals surface area (Å²) in [6.45, 7) is 0.469. The summed E-state index contributed by atoms with van der Waals surface area (Å²) in [4.78, 5) is 0.440. The van der Waals surface area contributed by atoms with Crippen molar-refractivity contribution in [2.75, 3.05) is 6.54 Å². The molecule has 0 amide bonds. The molecule has 3 nitrogen and oxygen atoms in total. The summed E-state index contributed by atoms with van der Waals surface area (Å²) in [5.41, 5.74) is 5.77. The molecular weight excluding hydrogens is 246 g/mol. The van der Waals surface area contributed by atoms with Gasteiger partial charge < -0.3 is 5.73 Å². The zero-order valence-electron chi connectivity index (χ0n) is 10.6. The Kier molecular flexibility index (Phi) is 4.40. The Bertz CT molecular complexity index is 470. The van der Waals surface area contributed by atoms with Gasteiger partial charge in [0.2, 0.25) is 0 Å². The summed E-state index contributed by atoms with van der Waals surface area (Å²) in [7, 11) is -3.23. The van der Waals surface area contributed by atoms with Crippen LogP contribution >= 0.6 is 0 Å². The quantitative estimate of drug-likeness (QED) is 0.855. The second-order valence-electron chi connectivity index (χ2n) is 5.03. The minimum absolute atomic E-state index is 0.109. The molecular formula is C14H21NO2S. The lowest BCUT2D eigenvalue weighted by Gasteiger charge is -2.23. The molecule has 0 aromatic heterocycles. The fourth-order valence-electron chi connectivity index (χ4n) is 2.81. The van der Waals surface area contributed by atoms with Crippen molar-refractivity contribution in [1.29, 1.82) is 0 Å². The van der Waals surface area contributed by atoms with Crippen LogP contribution in [0.2, 0.25) is 0 Å². The lowest BCUT2D eigenvalue weighted by molar-refractivity contribution is 0.456. The zero-order valence-corrected chi connectivity index (χ0v) is 11.4. The molecule has 18 heavy (non-hydrogen) atoms. The third kappa shape index (κ3) is 2.75. The second kappa shape index (κ2) is 5.85. The lowest BCUT2D eigenvalue weighted by atomic mass is 10.0. The lowest BCUT2D eigenvalue weighted by Crippen LogP contribution is -2.34. The normalized spacial score (nSPS) is 25.6. The molecule has 0 saturated heterocycles. The first-order valence-electron chi connectivity index (χ1n) is 6.65. The van der Waals surface area contributed by atoms with Crippen molar-refractivity contribution in [3.8, 4) is 0 Å². The molecule has 0 radical (unpaired) electrons. The van der Waals surface area contributed by atoms with Crippen molar-refractivity contribution in [3.05, 3.63) is 30.3 Å². The van der Waals surface area contributed by atoms with Gasteiger partial charge in [-0.1, -0.05) is 37.5 Å². The van der Waals surface area contributed by atoms with Crippen LogP contribution in [0, 0.1) is 5.92 Å². The van der Waals surface area contributed by atoms with Gasteiger partial charge in [0.15, 0.2) is 9.84 Å². The fourth-order valence-corrected chi connectivity index (χ4v) is 4.93. The van der Waals surface area contributed by atoms with E-state index in [4.69, 9.17) is 5.73 Å². The first-order chi connectivity index (χ1) is 8.66. The van der Waals surface area contributed by atoms with E-state index in [2.05, 4.69) is 0 Å². The second-order valence-corrected chi connectivity index (χ2v) is 7.20. The van der Waals surface area contributed by atoms with Crippen LogP contribution in [0.15, 0.2) is 35.2 Å². The maximum absolute atomic E-state index is 12.7. The minimum atomic E-state index is -3.23. The van der Waals surface area contributed by atoms with Crippen molar-refractivity contribution >= 4 is 9.84 Å². The largest absolute Gasteiger partial charge is 0.330 e. The molecule has 1 aromatic carbocycles. The third-order valence-electron chi connectivity index (χ3n) is 3.86. The summed E-state index contributed by atoms with van der Waals surface area (Å²) in [5, 5.41) is -0.299. The third-order valence-corrected chi connectivity index (χ3v) is 6.21. The van der Waals surface area contributed by atoms with Gasteiger partial charge in [-0.25, -0.2) is 8.42 Å². The first kappa shape index (κ1) is 13.6. The molecule has 2 unspecified atom stereocenters. The summed E-state index contributed by atoms with van der Waals surface area (Å²) >= 11 is 0. The smallest absolute Gasteiger partial charge is 0.181 e. The van der Waals surface area contributed by atoms with Gasteiger partial charge in [0.05, 0.1) is 10.1 Å². The molecule has 1 aliphatic rings. The monoisotopic (exact) mass is 267 g/mol. The maximum atomic E-state index is 12.7. The van der Waals surface area contributed by atoms with E-state index in [-0.39, 0.29) is 11.2 Å². The highest BCUT2D eigenvalue weighted by Gasteiger charge is 2.34. The van der Waals surface area contributed by atoms with Gasteiger partial charge in [-0.3, -0.25) is 0 Å². The van der Waals surface area contributed by atoms with Crippen molar-refractivity contribution in [3.63, 3.8) is 0 Å². The number of sulfone groups is 1. The van der Waals surface area contributed by atoms with Gasteiger partial charge in [-0.2, -0.15) is 0 Å². The Morgan fingerprint density at radius 2 is 1.72 bits per heavy atom. The first-order valence-corrected chi connectivity index (χ1v) is 8.20. The van der Waals surface area contributed by atoms with Crippen LogP contribution in [-0.4, -0.2) is 20.2 Å². The molecule has 0 heterocycles. The average Bonchev–Trinajstić information content (AvgIpc) is 2.65. The Labute approximate surface area is 109 Å². The number of rotatable bonds is 3. The molecule has 0 spiro atoms. The number of hydrogen-bond acceptors (Lipinski definition) is 3. The van der Waals surface area contributed by atoms with Crippen molar-refractivity contribution in [2.24, 2.45) is 11.7 Å². The van der Waals surface area contributed by atoms with Gasteiger partial charge >= 0.3 is 0 Å². The minimum Gasteiger partial charge on any atom is -0.330 e. The Hall–Kier alpha value is -0.870.